The molecule has 0 aliphatic rings. The number of hydrogen-bond acceptors (Lipinski definition) is 5. The molecule has 6 heteroatoms. The van der Waals surface area contributed by atoms with Gasteiger partial charge in [0.25, 0.3) is 0 Å². The van der Waals surface area contributed by atoms with Crippen LogP contribution in [0, 0.1) is 6.92 Å². The molecule has 0 fully saturated rings. The van der Waals surface area contributed by atoms with Gasteiger partial charge in [-0.2, -0.15) is 0 Å². The minimum atomic E-state index is -0.0386. The number of aryl methyl sites for hydroxylation is 1. The molecule has 1 aromatic heterocycles. The van der Waals surface area contributed by atoms with Crippen molar-refractivity contribution in [1.82, 2.24) is 15.3 Å². The minimum absolute atomic E-state index is 0.0386. The van der Waals surface area contributed by atoms with E-state index in [0.29, 0.717) is 25.5 Å². The fourth-order valence-corrected chi connectivity index (χ4v) is 1.25. The van der Waals surface area contributed by atoms with Crippen LogP contribution < -0.4 is 16.4 Å². The van der Waals surface area contributed by atoms with Crippen LogP contribution in [0.2, 0.25) is 0 Å². The van der Waals surface area contributed by atoms with Crippen LogP contribution in [0.5, 0.6) is 0 Å². The second-order valence-electron chi connectivity index (χ2n) is 3.41. The van der Waals surface area contributed by atoms with Gasteiger partial charge in [-0.1, -0.05) is 0 Å². The Morgan fingerprint density at radius 1 is 1.44 bits per heavy atom. The van der Waals surface area contributed by atoms with E-state index in [0.717, 1.165) is 11.5 Å². The molecule has 6 nitrogen and oxygen atoms in total. The predicted molar refractivity (Wildman–Crippen MR) is 61.8 cm³/mol. The highest BCUT2D eigenvalue weighted by atomic mass is 16.1. The minimum Gasteiger partial charge on any atom is -0.368 e. The first-order valence-electron chi connectivity index (χ1n) is 5.14. The highest BCUT2D eigenvalue weighted by Gasteiger charge is 1.99. The number of anilines is 1. The van der Waals surface area contributed by atoms with Crippen molar-refractivity contribution in [3.63, 3.8) is 0 Å². The largest absolute Gasteiger partial charge is 0.368 e. The molecule has 0 spiro atoms. The average molecular weight is 223 g/mol. The monoisotopic (exact) mass is 223 g/mol. The summed E-state index contributed by atoms with van der Waals surface area (Å²) in [6.07, 6.45) is 0. The van der Waals surface area contributed by atoms with Crippen molar-refractivity contribution in [1.29, 1.82) is 0 Å². The molecule has 1 heterocycles. The maximum absolute atomic E-state index is 10.6. The second-order valence-corrected chi connectivity index (χ2v) is 3.41. The number of carbonyl (C=O) groups is 1. The Morgan fingerprint density at radius 3 is 2.81 bits per heavy atom. The molecule has 0 aliphatic carbocycles. The quantitative estimate of drug-likeness (QED) is 0.601. The lowest BCUT2D eigenvalue weighted by Gasteiger charge is -2.07. The number of nitrogens with two attached hydrogens (primary N) is 1. The maximum atomic E-state index is 10.6. The number of nitrogens with one attached hydrogen (secondary N) is 2. The molecular weight excluding hydrogens is 206 g/mol. The van der Waals surface area contributed by atoms with Crippen molar-refractivity contribution in [2.45, 2.75) is 20.4 Å². The number of carbonyl (C=O) groups excluding carboxylic acids is 1. The zero-order chi connectivity index (χ0) is 12.0. The van der Waals surface area contributed by atoms with Crippen molar-refractivity contribution in [3.8, 4) is 0 Å². The van der Waals surface area contributed by atoms with Crippen molar-refractivity contribution >= 4 is 11.7 Å². The lowest BCUT2D eigenvalue weighted by atomic mass is 10.3. The Balaban J connectivity index is 2.47. The van der Waals surface area contributed by atoms with Crippen LogP contribution in [0.15, 0.2) is 6.07 Å². The van der Waals surface area contributed by atoms with Gasteiger partial charge in [0.05, 0.1) is 5.69 Å². The lowest BCUT2D eigenvalue weighted by molar-refractivity contribution is -0.118. The maximum Gasteiger partial charge on any atom is 0.216 e. The van der Waals surface area contributed by atoms with E-state index in [2.05, 4.69) is 20.6 Å². The number of amides is 1. The van der Waals surface area contributed by atoms with Crippen molar-refractivity contribution in [3.05, 3.63) is 17.6 Å². The molecule has 1 aromatic rings. The number of hydrogen-bond donors (Lipinski definition) is 3. The number of rotatable bonds is 5. The molecule has 0 bridgehead atoms. The van der Waals surface area contributed by atoms with Crippen molar-refractivity contribution in [2.24, 2.45) is 5.73 Å². The highest BCUT2D eigenvalue weighted by Crippen LogP contribution is 2.05. The molecule has 0 saturated carbocycles. The first-order chi connectivity index (χ1) is 7.61. The summed E-state index contributed by atoms with van der Waals surface area (Å²) in [6.45, 7) is 4.89. The van der Waals surface area contributed by atoms with E-state index < -0.39 is 0 Å². The first-order valence-corrected chi connectivity index (χ1v) is 5.14. The molecule has 0 unspecified atom stereocenters. The Labute approximate surface area is 94.7 Å². The average Bonchev–Trinajstić information content (AvgIpc) is 2.23. The third kappa shape index (κ3) is 4.22. The molecule has 0 radical (unpaired) electrons. The summed E-state index contributed by atoms with van der Waals surface area (Å²) in [5, 5.41) is 5.78. The smallest absolute Gasteiger partial charge is 0.216 e. The summed E-state index contributed by atoms with van der Waals surface area (Å²) in [7, 11) is 0. The van der Waals surface area contributed by atoms with Gasteiger partial charge in [-0.3, -0.25) is 4.79 Å². The van der Waals surface area contributed by atoms with Gasteiger partial charge in [-0.15, -0.1) is 0 Å². The Bertz CT molecular complexity index is 366. The van der Waals surface area contributed by atoms with E-state index in [-0.39, 0.29) is 5.91 Å². The Kier molecular flexibility index (Phi) is 4.65. The van der Waals surface area contributed by atoms with Crippen LogP contribution in [0.3, 0.4) is 0 Å². The molecular formula is C10H17N5O. The molecule has 88 valence electrons. The van der Waals surface area contributed by atoms with E-state index in [9.17, 15) is 4.79 Å². The molecule has 1 rings (SSSR count). The second kappa shape index (κ2) is 6.02. The van der Waals surface area contributed by atoms with E-state index in [1.807, 2.05) is 6.92 Å². The summed E-state index contributed by atoms with van der Waals surface area (Å²) < 4.78 is 0. The normalized spacial score (nSPS) is 9.94. The van der Waals surface area contributed by atoms with Crippen LogP contribution in [0.4, 0.5) is 5.82 Å². The summed E-state index contributed by atoms with van der Waals surface area (Å²) in [5.74, 6) is 1.38. The fourth-order valence-electron chi connectivity index (χ4n) is 1.25. The summed E-state index contributed by atoms with van der Waals surface area (Å²) in [5.41, 5.74) is 6.31. The number of nitrogens with zero attached hydrogens (tertiary/aromatic N) is 2. The third-order valence-electron chi connectivity index (χ3n) is 1.91. The standard InChI is InChI=1S/C10H17N5O/c1-7-14-9(6-11)5-10(15-7)13-4-3-12-8(2)16/h5H,3-4,6,11H2,1-2H3,(H,12,16)(H,13,14,15). The van der Waals surface area contributed by atoms with Crippen LogP contribution in [0.1, 0.15) is 18.4 Å². The third-order valence-corrected chi connectivity index (χ3v) is 1.91. The van der Waals surface area contributed by atoms with E-state index in [4.69, 9.17) is 5.73 Å². The lowest BCUT2D eigenvalue weighted by Crippen LogP contribution is -2.26. The van der Waals surface area contributed by atoms with Gasteiger partial charge in [0.2, 0.25) is 5.91 Å². The Morgan fingerprint density at radius 2 is 2.19 bits per heavy atom. The first kappa shape index (κ1) is 12.4. The SMILES string of the molecule is CC(=O)NCCNc1cc(CN)nc(C)n1. The Hall–Kier alpha value is -1.69. The predicted octanol–water partition coefficient (Wildman–Crippen LogP) is -0.208. The summed E-state index contributed by atoms with van der Waals surface area (Å²) >= 11 is 0. The van der Waals surface area contributed by atoms with Gasteiger partial charge in [-0.25, -0.2) is 9.97 Å². The molecule has 16 heavy (non-hydrogen) atoms. The van der Waals surface area contributed by atoms with Gasteiger partial charge in [0.15, 0.2) is 0 Å². The number of aromatic nitrogens is 2. The van der Waals surface area contributed by atoms with Crippen LogP contribution in [-0.2, 0) is 11.3 Å². The zero-order valence-electron chi connectivity index (χ0n) is 9.58. The van der Waals surface area contributed by atoms with Crippen LogP contribution in [-0.4, -0.2) is 29.0 Å². The molecule has 1 amide bonds. The fraction of sp³-hybridized carbons (Fsp3) is 0.500. The van der Waals surface area contributed by atoms with Crippen LogP contribution in [0.25, 0.3) is 0 Å². The summed E-state index contributed by atoms with van der Waals surface area (Å²) in [4.78, 5) is 19.0. The molecule has 0 aromatic carbocycles. The highest BCUT2D eigenvalue weighted by molar-refractivity contribution is 5.72. The zero-order valence-corrected chi connectivity index (χ0v) is 9.58. The van der Waals surface area contributed by atoms with Gasteiger partial charge in [0, 0.05) is 32.6 Å². The molecule has 0 saturated heterocycles. The molecule has 4 N–H and O–H groups in total. The summed E-state index contributed by atoms with van der Waals surface area (Å²) in [6, 6.07) is 1.81. The van der Waals surface area contributed by atoms with Gasteiger partial charge in [-0.05, 0) is 6.92 Å². The van der Waals surface area contributed by atoms with Gasteiger partial charge in [0.1, 0.15) is 11.6 Å². The van der Waals surface area contributed by atoms with E-state index in [1.54, 1.807) is 6.07 Å². The van der Waals surface area contributed by atoms with Crippen molar-refractivity contribution in [2.75, 3.05) is 18.4 Å². The van der Waals surface area contributed by atoms with E-state index >= 15 is 0 Å². The van der Waals surface area contributed by atoms with Gasteiger partial charge < -0.3 is 16.4 Å². The van der Waals surface area contributed by atoms with Gasteiger partial charge >= 0.3 is 0 Å². The van der Waals surface area contributed by atoms with Crippen LogP contribution >= 0.6 is 0 Å². The molecule has 0 aliphatic heterocycles. The van der Waals surface area contributed by atoms with E-state index in [1.165, 1.54) is 6.92 Å². The topological polar surface area (TPSA) is 92.9 Å². The van der Waals surface area contributed by atoms with Crippen molar-refractivity contribution < 1.29 is 4.79 Å². The molecule has 0 atom stereocenters.